The highest BCUT2D eigenvalue weighted by Gasteiger charge is 1.97. The van der Waals surface area contributed by atoms with E-state index in [0.717, 1.165) is 11.1 Å². The van der Waals surface area contributed by atoms with E-state index in [2.05, 4.69) is 11.8 Å². The van der Waals surface area contributed by atoms with Gasteiger partial charge in [0.15, 0.2) is 0 Å². The molecule has 1 aromatic rings. The molecule has 0 bridgehead atoms. The van der Waals surface area contributed by atoms with Crippen molar-refractivity contribution in [1.82, 2.24) is 0 Å². The average Bonchev–Trinajstić information content (AvgIpc) is 2.14. The highest BCUT2D eigenvalue weighted by molar-refractivity contribution is 5.78. The summed E-state index contributed by atoms with van der Waals surface area (Å²) in [5, 5.41) is 8.51. The summed E-state index contributed by atoms with van der Waals surface area (Å²) in [5.74, 6) is 5.50. The van der Waals surface area contributed by atoms with Crippen LogP contribution in [0.4, 0.5) is 0 Å². The van der Waals surface area contributed by atoms with E-state index in [4.69, 9.17) is 5.11 Å². The van der Waals surface area contributed by atoms with Gasteiger partial charge in [0.05, 0.1) is 0 Å². The quantitative estimate of drug-likeness (QED) is 0.707. The Labute approximate surface area is 83.6 Å². The molecule has 2 heteroatoms. The normalized spacial score (nSPS) is 9.00. The van der Waals surface area contributed by atoms with Crippen LogP contribution in [0.5, 0.6) is 0 Å². The number of carbonyl (C=O) groups excluding carboxylic acids is 1. The molecule has 0 fully saturated rings. The maximum Gasteiger partial charge on any atom is 0.134 e. The van der Waals surface area contributed by atoms with Crippen molar-refractivity contribution in [2.75, 3.05) is 6.61 Å². The molecule has 2 nitrogen and oxygen atoms in total. The second-order valence-corrected chi connectivity index (χ2v) is 3.04. The standard InChI is InChI=1S/C12H12O2/c1-10(14)8-12-5-2-4-11(9-12)6-3-7-13/h2,4-5,9,13H,7-8H2,1H3. The van der Waals surface area contributed by atoms with Gasteiger partial charge >= 0.3 is 0 Å². The van der Waals surface area contributed by atoms with E-state index in [9.17, 15) is 4.79 Å². The molecule has 0 saturated carbocycles. The molecule has 1 aromatic carbocycles. The molecule has 0 aromatic heterocycles. The maximum atomic E-state index is 10.9. The van der Waals surface area contributed by atoms with Gasteiger partial charge in [-0.3, -0.25) is 4.79 Å². The minimum atomic E-state index is -0.142. The van der Waals surface area contributed by atoms with Crippen LogP contribution >= 0.6 is 0 Å². The van der Waals surface area contributed by atoms with E-state index in [1.165, 1.54) is 0 Å². The van der Waals surface area contributed by atoms with Crippen molar-refractivity contribution in [3.8, 4) is 11.8 Å². The van der Waals surface area contributed by atoms with Crippen LogP contribution in [0.2, 0.25) is 0 Å². The van der Waals surface area contributed by atoms with Gasteiger partial charge in [0.1, 0.15) is 12.4 Å². The molecule has 0 radical (unpaired) electrons. The van der Waals surface area contributed by atoms with Crippen molar-refractivity contribution in [3.63, 3.8) is 0 Å². The third-order valence-corrected chi connectivity index (χ3v) is 1.69. The number of aliphatic hydroxyl groups excluding tert-OH is 1. The lowest BCUT2D eigenvalue weighted by atomic mass is 10.1. The predicted molar refractivity (Wildman–Crippen MR) is 54.8 cm³/mol. The molecule has 1 rings (SSSR count). The lowest BCUT2D eigenvalue weighted by Gasteiger charge is -1.97. The van der Waals surface area contributed by atoms with Gasteiger partial charge in [0.2, 0.25) is 0 Å². The first kappa shape index (κ1) is 10.5. The fraction of sp³-hybridized carbons (Fsp3) is 0.250. The third-order valence-electron chi connectivity index (χ3n) is 1.69. The first-order valence-electron chi connectivity index (χ1n) is 4.40. The monoisotopic (exact) mass is 188 g/mol. The van der Waals surface area contributed by atoms with Crippen molar-refractivity contribution in [2.45, 2.75) is 13.3 Å². The Kier molecular flexibility index (Phi) is 3.90. The van der Waals surface area contributed by atoms with Crippen molar-refractivity contribution in [3.05, 3.63) is 35.4 Å². The zero-order valence-electron chi connectivity index (χ0n) is 8.08. The first-order chi connectivity index (χ1) is 6.72. The summed E-state index contributed by atoms with van der Waals surface area (Å²) in [7, 11) is 0. The number of Topliss-reactive ketones (excluding diaryl/α,β-unsaturated/α-hetero) is 1. The highest BCUT2D eigenvalue weighted by atomic mass is 16.2. The largest absolute Gasteiger partial charge is 0.384 e. The molecule has 0 amide bonds. The summed E-state index contributed by atoms with van der Waals surface area (Å²) in [4.78, 5) is 10.9. The van der Waals surface area contributed by atoms with Gasteiger partial charge in [-0.25, -0.2) is 0 Å². The van der Waals surface area contributed by atoms with Crippen LogP contribution in [-0.4, -0.2) is 17.5 Å². The highest BCUT2D eigenvalue weighted by Crippen LogP contribution is 2.05. The Bertz CT molecular complexity index is 383. The topological polar surface area (TPSA) is 37.3 Å². The SMILES string of the molecule is CC(=O)Cc1cccc(C#CCO)c1. The predicted octanol–water partition coefficient (Wildman–Crippen LogP) is 1.16. The van der Waals surface area contributed by atoms with Crippen LogP contribution in [0.25, 0.3) is 0 Å². The van der Waals surface area contributed by atoms with Crippen molar-refractivity contribution < 1.29 is 9.90 Å². The summed E-state index contributed by atoms with van der Waals surface area (Å²) in [6, 6.07) is 7.47. The molecule has 14 heavy (non-hydrogen) atoms. The van der Waals surface area contributed by atoms with Crippen LogP contribution in [0, 0.1) is 11.8 Å². The van der Waals surface area contributed by atoms with Crippen LogP contribution in [0.1, 0.15) is 18.1 Å². The number of rotatable bonds is 2. The van der Waals surface area contributed by atoms with E-state index >= 15 is 0 Å². The minimum absolute atomic E-state index is 0.136. The zero-order valence-corrected chi connectivity index (χ0v) is 8.08. The van der Waals surface area contributed by atoms with Crippen LogP contribution < -0.4 is 0 Å². The van der Waals surface area contributed by atoms with Crippen molar-refractivity contribution >= 4 is 5.78 Å². The van der Waals surface area contributed by atoms with Gasteiger partial charge in [0.25, 0.3) is 0 Å². The average molecular weight is 188 g/mol. The van der Waals surface area contributed by atoms with E-state index in [0.29, 0.717) is 6.42 Å². The molecule has 0 aliphatic rings. The summed E-state index contributed by atoms with van der Waals surface area (Å²) in [5.41, 5.74) is 1.79. The number of ketones is 1. The van der Waals surface area contributed by atoms with Crippen LogP contribution in [0.15, 0.2) is 24.3 Å². The molecular weight excluding hydrogens is 176 g/mol. The number of hydrogen-bond donors (Lipinski definition) is 1. The fourth-order valence-electron chi connectivity index (χ4n) is 1.19. The second-order valence-electron chi connectivity index (χ2n) is 3.04. The zero-order chi connectivity index (χ0) is 10.4. The van der Waals surface area contributed by atoms with Gasteiger partial charge in [-0.1, -0.05) is 24.0 Å². The maximum absolute atomic E-state index is 10.9. The van der Waals surface area contributed by atoms with E-state index < -0.39 is 0 Å². The summed E-state index contributed by atoms with van der Waals surface area (Å²) < 4.78 is 0. The molecule has 0 aliphatic carbocycles. The van der Waals surface area contributed by atoms with Gasteiger partial charge in [-0.15, -0.1) is 0 Å². The Balaban J connectivity index is 2.84. The lowest BCUT2D eigenvalue weighted by Crippen LogP contribution is -1.96. The molecule has 0 aliphatic heterocycles. The Hall–Kier alpha value is -1.59. The van der Waals surface area contributed by atoms with Gasteiger partial charge in [0, 0.05) is 12.0 Å². The number of aliphatic hydroxyl groups is 1. The summed E-state index contributed by atoms with van der Waals surface area (Å²) in [6.45, 7) is 1.42. The molecule has 0 atom stereocenters. The molecule has 1 N–H and O–H groups in total. The Morgan fingerprint density at radius 1 is 1.50 bits per heavy atom. The number of hydrogen-bond acceptors (Lipinski definition) is 2. The second kappa shape index (κ2) is 5.21. The Morgan fingerprint density at radius 2 is 2.29 bits per heavy atom. The summed E-state index contributed by atoms with van der Waals surface area (Å²) >= 11 is 0. The first-order valence-corrected chi connectivity index (χ1v) is 4.40. The van der Waals surface area contributed by atoms with Crippen molar-refractivity contribution in [1.29, 1.82) is 0 Å². The fourth-order valence-corrected chi connectivity index (χ4v) is 1.19. The van der Waals surface area contributed by atoms with E-state index in [1.807, 2.05) is 24.3 Å². The van der Waals surface area contributed by atoms with E-state index in [1.54, 1.807) is 6.92 Å². The molecule has 0 spiro atoms. The molecule has 72 valence electrons. The van der Waals surface area contributed by atoms with Crippen molar-refractivity contribution in [2.24, 2.45) is 0 Å². The lowest BCUT2D eigenvalue weighted by molar-refractivity contribution is -0.116. The minimum Gasteiger partial charge on any atom is -0.384 e. The number of carbonyl (C=O) groups is 1. The third kappa shape index (κ3) is 3.42. The van der Waals surface area contributed by atoms with Gasteiger partial charge in [-0.05, 0) is 24.6 Å². The van der Waals surface area contributed by atoms with E-state index in [-0.39, 0.29) is 12.4 Å². The molecule has 0 saturated heterocycles. The molecule has 0 heterocycles. The number of benzene rings is 1. The van der Waals surface area contributed by atoms with Gasteiger partial charge < -0.3 is 5.11 Å². The molecular formula is C12H12O2. The summed E-state index contributed by atoms with van der Waals surface area (Å²) in [6.07, 6.45) is 0.439. The van der Waals surface area contributed by atoms with Gasteiger partial charge in [-0.2, -0.15) is 0 Å². The smallest absolute Gasteiger partial charge is 0.134 e. The molecule has 0 unspecified atom stereocenters. The van der Waals surface area contributed by atoms with Crippen LogP contribution in [-0.2, 0) is 11.2 Å². The Morgan fingerprint density at radius 3 is 2.93 bits per heavy atom. The van der Waals surface area contributed by atoms with Crippen LogP contribution in [0.3, 0.4) is 0 Å².